The molecule has 2 aromatic rings. The molecule has 0 bridgehead atoms. The number of amides is 2. The monoisotopic (exact) mass is 275 g/mol. The number of hydrogen-bond donors (Lipinski definition) is 2. The Morgan fingerprint density at radius 1 is 1.30 bits per heavy atom. The van der Waals surface area contributed by atoms with Gasteiger partial charge in [-0.1, -0.05) is 30.3 Å². The maximum Gasteiger partial charge on any atom is 0.290 e. The predicted octanol–water partition coefficient (Wildman–Crippen LogP) is 0.469. The molecule has 0 aliphatic carbocycles. The van der Waals surface area contributed by atoms with Gasteiger partial charge in [0.1, 0.15) is 6.61 Å². The number of carbonyl (C=O) groups excluding carboxylic acids is 2. The number of rotatable bonds is 6. The van der Waals surface area contributed by atoms with Crippen LogP contribution < -0.4 is 15.8 Å². The molecular formula is C13H13N3O4. The lowest BCUT2D eigenvalue weighted by Crippen LogP contribution is -2.33. The van der Waals surface area contributed by atoms with Crippen molar-refractivity contribution in [2.45, 2.75) is 6.61 Å². The maximum absolute atomic E-state index is 11.5. The van der Waals surface area contributed by atoms with Crippen molar-refractivity contribution < 1.29 is 18.8 Å². The SMILES string of the molecule is NC(=O)CNC(=O)c1cc(OCc2ccccc2)no1. The van der Waals surface area contributed by atoms with E-state index in [1.165, 1.54) is 6.07 Å². The average Bonchev–Trinajstić information content (AvgIpc) is 2.92. The summed E-state index contributed by atoms with van der Waals surface area (Å²) in [5.41, 5.74) is 5.88. The van der Waals surface area contributed by atoms with Gasteiger partial charge in [0.15, 0.2) is 0 Å². The number of hydrogen-bond acceptors (Lipinski definition) is 5. The highest BCUT2D eigenvalue weighted by Crippen LogP contribution is 2.13. The van der Waals surface area contributed by atoms with E-state index in [1.807, 2.05) is 30.3 Å². The van der Waals surface area contributed by atoms with Crippen LogP contribution in [-0.2, 0) is 11.4 Å². The molecule has 104 valence electrons. The molecule has 0 fully saturated rings. The van der Waals surface area contributed by atoms with Crippen LogP contribution in [0.4, 0.5) is 0 Å². The molecule has 20 heavy (non-hydrogen) atoms. The van der Waals surface area contributed by atoms with Gasteiger partial charge in [-0.2, -0.15) is 0 Å². The van der Waals surface area contributed by atoms with Crippen LogP contribution in [0.15, 0.2) is 40.9 Å². The van der Waals surface area contributed by atoms with Crippen LogP contribution in [0.5, 0.6) is 5.88 Å². The summed E-state index contributed by atoms with van der Waals surface area (Å²) in [4.78, 5) is 22.1. The van der Waals surface area contributed by atoms with E-state index in [2.05, 4.69) is 10.5 Å². The first-order valence-corrected chi connectivity index (χ1v) is 5.85. The Hall–Kier alpha value is -2.83. The Morgan fingerprint density at radius 2 is 2.05 bits per heavy atom. The summed E-state index contributed by atoms with van der Waals surface area (Å²) in [5, 5.41) is 5.89. The van der Waals surface area contributed by atoms with Crippen LogP contribution >= 0.6 is 0 Å². The minimum atomic E-state index is -0.640. The molecule has 0 radical (unpaired) electrons. The van der Waals surface area contributed by atoms with Crippen LogP contribution in [0.3, 0.4) is 0 Å². The van der Waals surface area contributed by atoms with Gasteiger partial charge in [0.05, 0.1) is 12.6 Å². The van der Waals surface area contributed by atoms with Crippen LogP contribution in [0.25, 0.3) is 0 Å². The second-order valence-electron chi connectivity index (χ2n) is 3.95. The van der Waals surface area contributed by atoms with Gasteiger partial charge in [-0.05, 0) is 10.7 Å². The zero-order valence-electron chi connectivity index (χ0n) is 10.5. The normalized spacial score (nSPS) is 10.0. The molecule has 0 saturated heterocycles. The highest BCUT2D eigenvalue weighted by atomic mass is 16.5. The molecule has 7 nitrogen and oxygen atoms in total. The van der Waals surface area contributed by atoms with E-state index in [0.29, 0.717) is 6.61 Å². The van der Waals surface area contributed by atoms with Gasteiger partial charge in [0.25, 0.3) is 11.8 Å². The number of ether oxygens (including phenoxy) is 1. The lowest BCUT2D eigenvalue weighted by atomic mass is 10.2. The fraction of sp³-hybridized carbons (Fsp3) is 0.154. The summed E-state index contributed by atoms with van der Waals surface area (Å²) in [6.07, 6.45) is 0. The average molecular weight is 275 g/mol. The van der Waals surface area contributed by atoms with Crippen LogP contribution in [0.1, 0.15) is 16.1 Å². The van der Waals surface area contributed by atoms with E-state index in [9.17, 15) is 9.59 Å². The first-order chi connectivity index (χ1) is 9.65. The lowest BCUT2D eigenvalue weighted by molar-refractivity contribution is -0.117. The molecule has 0 unspecified atom stereocenters. The summed E-state index contributed by atoms with van der Waals surface area (Å²) < 4.78 is 10.2. The van der Waals surface area contributed by atoms with Crippen molar-refractivity contribution in [1.82, 2.24) is 10.5 Å². The third-order valence-electron chi connectivity index (χ3n) is 2.37. The molecule has 0 aliphatic heterocycles. The standard InChI is InChI=1S/C13H13N3O4/c14-11(17)7-15-13(18)10-6-12(16-20-10)19-8-9-4-2-1-3-5-9/h1-6H,7-8H2,(H2,14,17)(H,15,18). The van der Waals surface area contributed by atoms with Crippen molar-refractivity contribution in [3.63, 3.8) is 0 Å². The summed E-state index contributed by atoms with van der Waals surface area (Å²) in [6, 6.07) is 10.8. The second kappa shape index (κ2) is 6.37. The van der Waals surface area contributed by atoms with Crippen molar-refractivity contribution in [3.8, 4) is 5.88 Å². The Bertz CT molecular complexity index is 595. The molecule has 0 aliphatic rings. The van der Waals surface area contributed by atoms with E-state index < -0.39 is 11.8 Å². The van der Waals surface area contributed by atoms with Crippen LogP contribution in [-0.4, -0.2) is 23.5 Å². The molecule has 1 aromatic heterocycles. The van der Waals surface area contributed by atoms with E-state index >= 15 is 0 Å². The van der Waals surface area contributed by atoms with Crippen molar-refractivity contribution >= 4 is 11.8 Å². The third-order valence-corrected chi connectivity index (χ3v) is 2.37. The van der Waals surface area contributed by atoms with E-state index in [1.54, 1.807) is 0 Å². The Morgan fingerprint density at radius 3 is 2.75 bits per heavy atom. The van der Waals surface area contributed by atoms with Crippen molar-refractivity contribution in [2.75, 3.05) is 6.54 Å². The summed E-state index contributed by atoms with van der Waals surface area (Å²) >= 11 is 0. The molecule has 2 amide bonds. The van der Waals surface area contributed by atoms with Crippen molar-refractivity contribution in [2.24, 2.45) is 5.73 Å². The smallest absolute Gasteiger partial charge is 0.290 e. The number of carbonyl (C=O) groups is 2. The predicted molar refractivity (Wildman–Crippen MR) is 68.8 cm³/mol. The van der Waals surface area contributed by atoms with Gasteiger partial charge in [-0.15, -0.1) is 0 Å². The van der Waals surface area contributed by atoms with Gasteiger partial charge < -0.3 is 20.3 Å². The summed E-state index contributed by atoms with van der Waals surface area (Å²) in [7, 11) is 0. The van der Waals surface area contributed by atoms with Gasteiger partial charge >= 0.3 is 0 Å². The van der Waals surface area contributed by atoms with Gasteiger partial charge in [0, 0.05) is 0 Å². The highest BCUT2D eigenvalue weighted by molar-refractivity contribution is 5.94. The fourth-order valence-corrected chi connectivity index (χ4v) is 1.42. The van der Waals surface area contributed by atoms with Crippen molar-refractivity contribution in [3.05, 3.63) is 47.7 Å². The number of primary amides is 1. The number of benzene rings is 1. The Labute approximate surface area is 114 Å². The molecule has 3 N–H and O–H groups in total. The number of nitrogens with one attached hydrogen (secondary N) is 1. The fourth-order valence-electron chi connectivity index (χ4n) is 1.42. The van der Waals surface area contributed by atoms with Gasteiger partial charge in [0.2, 0.25) is 11.7 Å². The largest absolute Gasteiger partial charge is 0.471 e. The van der Waals surface area contributed by atoms with Gasteiger partial charge in [-0.3, -0.25) is 9.59 Å². The molecule has 0 spiro atoms. The maximum atomic E-state index is 11.5. The van der Waals surface area contributed by atoms with E-state index in [4.69, 9.17) is 15.0 Å². The quantitative estimate of drug-likeness (QED) is 0.796. The van der Waals surface area contributed by atoms with Crippen LogP contribution in [0, 0.1) is 0 Å². The molecular weight excluding hydrogens is 262 g/mol. The van der Waals surface area contributed by atoms with Crippen LogP contribution in [0.2, 0.25) is 0 Å². The Kier molecular flexibility index (Phi) is 4.33. The Balaban J connectivity index is 1.89. The van der Waals surface area contributed by atoms with E-state index in [-0.39, 0.29) is 18.2 Å². The zero-order chi connectivity index (χ0) is 14.4. The second-order valence-corrected chi connectivity index (χ2v) is 3.95. The topological polar surface area (TPSA) is 107 Å². The number of nitrogens with two attached hydrogens (primary N) is 1. The molecule has 1 heterocycles. The zero-order valence-corrected chi connectivity index (χ0v) is 10.5. The first-order valence-electron chi connectivity index (χ1n) is 5.85. The highest BCUT2D eigenvalue weighted by Gasteiger charge is 2.14. The summed E-state index contributed by atoms with van der Waals surface area (Å²) in [5.74, 6) is -1.07. The van der Waals surface area contributed by atoms with E-state index in [0.717, 1.165) is 5.56 Å². The molecule has 1 aromatic carbocycles. The molecule has 7 heteroatoms. The minimum Gasteiger partial charge on any atom is -0.471 e. The van der Waals surface area contributed by atoms with Crippen molar-refractivity contribution in [1.29, 1.82) is 0 Å². The number of aromatic nitrogens is 1. The third kappa shape index (κ3) is 3.84. The summed E-state index contributed by atoms with van der Waals surface area (Å²) in [6.45, 7) is 0.0510. The molecule has 0 saturated carbocycles. The lowest BCUT2D eigenvalue weighted by Gasteiger charge is -2.00. The van der Waals surface area contributed by atoms with Gasteiger partial charge in [-0.25, -0.2) is 0 Å². The minimum absolute atomic E-state index is 0.0469. The molecule has 0 atom stereocenters. The molecule has 2 rings (SSSR count). The first kappa shape index (κ1) is 13.6. The number of nitrogens with zero attached hydrogens (tertiary/aromatic N) is 1.